The Morgan fingerprint density at radius 2 is 1.41 bits per heavy atom. The number of aromatic nitrogens is 3. The maximum atomic E-state index is 5.81. The molecule has 29 heavy (non-hydrogen) atoms. The minimum absolute atomic E-state index is 0.499. The van der Waals surface area contributed by atoms with Crippen LogP contribution in [0, 0.1) is 0 Å². The van der Waals surface area contributed by atoms with Crippen LogP contribution in [0.4, 0.5) is 0 Å². The highest BCUT2D eigenvalue weighted by molar-refractivity contribution is 5.79. The molecule has 0 atom stereocenters. The number of hydrogen-bond acceptors (Lipinski definition) is 5. The lowest BCUT2D eigenvalue weighted by Gasteiger charge is -2.22. The van der Waals surface area contributed by atoms with Crippen molar-refractivity contribution in [1.29, 1.82) is 0 Å². The number of nitrogens with zero attached hydrogens (tertiary/aromatic N) is 4. The molecular formula is C23H26N4O2. The van der Waals surface area contributed by atoms with Gasteiger partial charge in [-0.05, 0) is 66.3 Å². The summed E-state index contributed by atoms with van der Waals surface area (Å²) in [6, 6.07) is 16.3. The first-order valence-electron chi connectivity index (χ1n) is 10.2. The van der Waals surface area contributed by atoms with Gasteiger partial charge in [0, 0.05) is 0 Å². The molecule has 6 nitrogen and oxygen atoms in total. The van der Waals surface area contributed by atoms with Gasteiger partial charge >= 0.3 is 0 Å². The van der Waals surface area contributed by atoms with Gasteiger partial charge < -0.3 is 9.47 Å². The van der Waals surface area contributed by atoms with Crippen molar-refractivity contribution in [3.63, 3.8) is 0 Å². The molecule has 3 aromatic rings. The van der Waals surface area contributed by atoms with E-state index in [9.17, 15) is 0 Å². The number of rotatable bonds is 8. The summed E-state index contributed by atoms with van der Waals surface area (Å²) >= 11 is 0. The Kier molecular flexibility index (Phi) is 6.53. The van der Waals surface area contributed by atoms with Crippen LogP contribution in [0.25, 0.3) is 0 Å². The second-order valence-corrected chi connectivity index (χ2v) is 7.26. The Labute approximate surface area is 171 Å². The third-order valence-corrected chi connectivity index (χ3v) is 5.20. The number of ether oxygens (including phenoxy) is 2. The molecule has 0 spiro atoms. The summed E-state index contributed by atoms with van der Waals surface area (Å²) in [7, 11) is 0. The van der Waals surface area contributed by atoms with Gasteiger partial charge in [-0.2, -0.15) is 5.10 Å². The van der Waals surface area contributed by atoms with E-state index < -0.39 is 0 Å². The molecule has 1 saturated carbocycles. The Morgan fingerprint density at radius 3 is 2.03 bits per heavy atom. The molecule has 0 bridgehead atoms. The van der Waals surface area contributed by atoms with Gasteiger partial charge in [0.1, 0.15) is 37.4 Å². The second-order valence-electron chi connectivity index (χ2n) is 7.26. The van der Waals surface area contributed by atoms with E-state index >= 15 is 0 Å². The molecule has 150 valence electrons. The summed E-state index contributed by atoms with van der Waals surface area (Å²) in [4.78, 5) is 0. The largest absolute Gasteiger partial charge is 0.490 e. The summed E-state index contributed by atoms with van der Waals surface area (Å²) < 4.78 is 13.1. The molecule has 1 aliphatic rings. The number of hydrogen-bond donors (Lipinski definition) is 0. The molecule has 0 aliphatic heterocycles. The predicted octanol–water partition coefficient (Wildman–Crippen LogP) is 4.67. The minimum atomic E-state index is 0.499. The van der Waals surface area contributed by atoms with Gasteiger partial charge in [-0.3, -0.25) is 0 Å². The van der Waals surface area contributed by atoms with Crippen molar-refractivity contribution in [1.82, 2.24) is 14.9 Å². The maximum Gasteiger partial charge on any atom is 0.141 e. The van der Waals surface area contributed by atoms with Crippen molar-refractivity contribution in [2.45, 2.75) is 38.0 Å². The summed E-state index contributed by atoms with van der Waals surface area (Å²) in [5, 5.41) is 11.6. The van der Waals surface area contributed by atoms with Crippen LogP contribution in [0.5, 0.6) is 11.5 Å². The molecule has 6 heteroatoms. The Morgan fingerprint density at radius 1 is 0.828 bits per heavy atom. The highest BCUT2D eigenvalue weighted by Gasteiger charge is 2.15. The van der Waals surface area contributed by atoms with Crippen molar-refractivity contribution in [3.8, 4) is 11.5 Å². The Hall–Kier alpha value is -3.15. The molecule has 0 saturated heterocycles. The molecule has 1 aromatic heterocycles. The third kappa shape index (κ3) is 5.67. The first-order valence-corrected chi connectivity index (χ1v) is 10.2. The zero-order chi connectivity index (χ0) is 19.7. The van der Waals surface area contributed by atoms with E-state index in [1.807, 2.05) is 24.3 Å². The third-order valence-electron chi connectivity index (χ3n) is 5.20. The van der Waals surface area contributed by atoms with Crippen LogP contribution < -0.4 is 9.47 Å². The quantitative estimate of drug-likeness (QED) is 0.414. The van der Waals surface area contributed by atoms with E-state index in [4.69, 9.17) is 9.47 Å². The topological polar surface area (TPSA) is 61.5 Å². The molecule has 1 heterocycles. The smallest absolute Gasteiger partial charge is 0.141 e. The highest BCUT2D eigenvalue weighted by atomic mass is 16.5. The molecule has 4 rings (SSSR count). The Balaban J connectivity index is 1.19. The average molecular weight is 390 g/mol. The molecule has 2 aromatic carbocycles. The van der Waals surface area contributed by atoms with E-state index in [-0.39, 0.29) is 0 Å². The predicted molar refractivity (Wildman–Crippen MR) is 113 cm³/mol. The highest BCUT2D eigenvalue weighted by Crippen LogP contribution is 2.33. The van der Waals surface area contributed by atoms with E-state index in [1.165, 1.54) is 50.3 Å². The van der Waals surface area contributed by atoms with Crippen LogP contribution in [-0.4, -0.2) is 34.3 Å². The lowest BCUT2D eigenvalue weighted by molar-refractivity contribution is 0.217. The fraction of sp³-hybridized carbons (Fsp3) is 0.348. The molecule has 0 amide bonds. The fourth-order valence-corrected chi connectivity index (χ4v) is 3.63. The molecule has 1 aliphatic carbocycles. The van der Waals surface area contributed by atoms with Crippen LogP contribution in [0.3, 0.4) is 0 Å². The van der Waals surface area contributed by atoms with Crippen LogP contribution in [0.1, 0.15) is 49.1 Å². The summed E-state index contributed by atoms with van der Waals surface area (Å²) in [5.74, 6) is 2.43. The summed E-state index contributed by atoms with van der Waals surface area (Å²) in [5.41, 5.74) is 2.42. The summed E-state index contributed by atoms with van der Waals surface area (Å²) in [6.07, 6.45) is 11.6. The van der Waals surface area contributed by atoms with Crippen molar-refractivity contribution in [2.75, 3.05) is 13.2 Å². The van der Waals surface area contributed by atoms with Crippen LogP contribution in [0.2, 0.25) is 0 Å². The first-order chi connectivity index (χ1) is 14.4. The van der Waals surface area contributed by atoms with Gasteiger partial charge in [0.15, 0.2) is 0 Å². The molecule has 0 radical (unpaired) electrons. The van der Waals surface area contributed by atoms with Crippen LogP contribution >= 0.6 is 0 Å². The van der Waals surface area contributed by atoms with Crippen molar-refractivity contribution in [2.24, 2.45) is 5.10 Å². The van der Waals surface area contributed by atoms with Gasteiger partial charge in [0.05, 0.1) is 6.21 Å². The van der Waals surface area contributed by atoms with E-state index in [1.54, 1.807) is 10.9 Å². The molecule has 0 N–H and O–H groups in total. The lowest BCUT2D eigenvalue weighted by Crippen LogP contribution is -2.09. The van der Waals surface area contributed by atoms with Crippen LogP contribution in [-0.2, 0) is 0 Å². The van der Waals surface area contributed by atoms with E-state index in [2.05, 4.69) is 39.6 Å². The second kappa shape index (κ2) is 9.87. The minimum Gasteiger partial charge on any atom is -0.490 e. The van der Waals surface area contributed by atoms with Gasteiger partial charge in [0.25, 0.3) is 0 Å². The first kappa shape index (κ1) is 19.2. The number of benzene rings is 2. The normalized spacial score (nSPS) is 14.9. The molecular weight excluding hydrogens is 364 g/mol. The van der Waals surface area contributed by atoms with Crippen molar-refractivity contribution < 1.29 is 9.47 Å². The van der Waals surface area contributed by atoms with E-state index in [0.29, 0.717) is 13.2 Å². The van der Waals surface area contributed by atoms with Gasteiger partial charge in [-0.25, -0.2) is 4.68 Å². The molecule has 1 fully saturated rings. The zero-order valence-corrected chi connectivity index (χ0v) is 16.5. The van der Waals surface area contributed by atoms with Gasteiger partial charge in [-0.15, -0.1) is 10.2 Å². The van der Waals surface area contributed by atoms with Gasteiger partial charge in [-0.1, -0.05) is 31.4 Å². The summed E-state index contributed by atoms with van der Waals surface area (Å²) in [6.45, 7) is 1.01. The molecule has 0 unspecified atom stereocenters. The SMILES string of the molecule is C(=Nn1cnnc1)c1ccc(OCCOc2ccc(C3CCCCC3)cc2)cc1. The monoisotopic (exact) mass is 390 g/mol. The van der Waals surface area contributed by atoms with Crippen LogP contribution in [0.15, 0.2) is 66.3 Å². The fourth-order valence-electron chi connectivity index (χ4n) is 3.63. The van der Waals surface area contributed by atoms with Crippen molar-refractivity contribution in [3.05, 3.63) is 72.3 Å². The van der Waals surface area contributed by atoms with Gasteiger partial charge in [0.2, 0.25) is 0 Å². The van der Waals surface area contributed by atoms with E-state index in [0.717, 1.165) is 23.0 Å². The zero-order valence-electron chi connectivity index (χ0n) is 16.5. The average Bonchev–Trinajstić information content (AvgIpc) is 3.31. The Bertz CT molecular complexity index is 884. The lowest BCUT2D eigenvalue weighted by atomic mass is 9.84. The standard InChI is InChI=1S/C23H26N4O2/c1-2-4-20(5-3-1)21-8-12-23(13-9-21)29-15-14-28-22-10-6-19(7-11-22)16-26-27-17-24-25-18-27/h6-13,16-18,20H,1-5,14-15H2. The maximum absolute atomic E-state index is 5.81. The van der Waals surface area contributed by atoms with Crippen molar-refractivity contribution >= 4 is 6.21 Å².